The minimum atomic E-state index is -3.57. The Balaban J connectivity index is 1.37. The zero-order chi connectivity index (χ0) is 21.3. The van der Waals surface area contributed by atoms with Gasteiger partial charge in [0.2, 0.25) is 10.0 Å². The molecule has 0 spiro atoms. The van der Waals surface area contributed by atoms with Gasteiger partial charge in [-0.2, -0.15) is 14.5 Å². The van der Waals surface area contributed by atoms with Crippen molar-refractivity contribution in [1.82, 2.24) is 24.7 Å². The largest absolute Gasteiger partial charge is 0.492 e. The normalized spacial score (nSPS) is 17.5. The van der Waals surface area contributed by atoms with Gasteiger partial charge in [-0.05, 0) is 38.5 Å². The molecule has 10 heteroatoms. The molecule has 8 nitrogen and oxygen atoms in total. The molecule has 0 unspecified atom stereocenters. The van der Waals surface area contributed by atoms with Crippen LogP contribution in [0.15, 0.2) is 35.2 Å². The molecule has 1 fully saturated rings. The number of hydrogen-bond donors (Lipinski definition) is 2. The molecule has 160 valence electrons. The summed E-state index contributed by atoms with van der Waals surface area (Å²) in [6, 6.07) is 9.35. The second kappa shape index (κ2) is 8.41. The van der Waals surface area contributed by atoms with E-state index >= 15 is 0 Å². The first kappa shape index (κ1) is 20.9. The predicted octanol–water partition coefficient (Wildman–Crippen LogP) is 3.20. The molecule has 3 heterocycles. The molecule has 1 aliphatic heterocycles. The Morgan fingerprint density at radius 3 is 2.77 bits per heavy atom. The van der Waals surface area contributed by atoms with E-state index in [1.165, 1.54) is 4.31 Å². The molecule has 1 aliphatic rings. The van der Waals surface area contributed by atoms with Gasteiger partial charge >= 0.3 is 0 Å². The first-order valence-electron chi connectivity index (χ1n) is 9.79. The number of sulfonamides is 1. The van der Waals surface area contributed by atoms with E-state index in [4.69, 9.17) is 16.3 Å². The van der Waals surface area contributed by atoms with Crippen LogP contribution >= 0.6 is 11.6 Å². The molecule has 0 aliphatic carbocycles. The van der Waals surface area contributed by atoms with E-state index in [0.29, 0.717) is 48.3 Å². The molecule has 0 saturated carbocycles. The van der Waals surface area contributed by atoms with E-state index in [0.717, 1.165) is 17.8 Å². The summed E-state index contributed by atoms with van der Waals surface area (Å²) in [7, 11) is -3.57. The third-order valence-electron chi connectivity index (χ3n) is 5.34. The fourth-order valence-corrected chi connectivity index (χ4v) is 5.81. The van der Waals surface area contributed by atoms with Crippen molar-refractivity contribution in [2.45, 2.75) is 37.5 Å². The zero-order valence-corrected chi connectivity index (χ0v) is 18.4. The minimum absolute atomic E-state index is 0.0572. The summed E-state index contributed by atoms with van der Waals surface area (Å²) in [5.41, 5.74) is 2.88. The molecule has 0 amide bonds. The lowest BCUT2D eigenvalue weighted by atomic mass is 10.0. The van der Waals surface area contributed by atoms with Crippen molar-refractivity contribution in [3.05, 3.63) is 58.1 Å². The van der Waals surface area contributed by atoms with Crippen LogP contribution in [0.1, 0.15) is 35.1 Å². The Kier molecular flexibility index (Phi) is 5.86. The predicted molar refractivity (Wildman–Crippen MR) is 113 cm³/mol. The van der Waals surface area contributed by atoms with Gasteiger partial charge in [-0.15, -0.1) is 0 Å². The molecular formula is C20H24ClN5O3S. The van der Waals surface area contributed by atoms with Crippen LogP contribution in [0.3, 0.4) is 0 Å². The number of aryl methyl sites for hydroxylation is 2. The van der Waals surface area contributed by atoms with E-state index in [9.17, 15) is 8.42 Å². The summed E-state index contributed by atoms with van der Waals surface area (Å²) >= 11 is 6.10. The number of hydrogen-bond acceptors (Lipinski definition) is 5. The Morgan fingerprint density at radius 1 is 1.23 bits per heavy atom. The van der Waals surface area contributed by atoms with Crippen LogP contribution in [-0.2, 0) is 16.4 Å². The number of halogens is 1. The summed E-state index contributed by atoms with van der Waals surface area (Å²) in [6.07, 6.45) is 1.38. The minimum Gasteiger partial charge on any atom is -0.492 e. The van der Waals surface area contributed by atoms with Gasteiger partial charge in [0.05, 0.1) is 28.7 Å². The lowest BCUT2D eigenvalue weighted by Crippen LogP contribution is -2.29. The molecule has 2 aromatic heterocycles. The number of nitrogens with one attached hydrogen (secondary N) is 2. The Morgan fingerprint density at radius 2 is 2.03 bits per heavy atom. The SMILES string of the molecule is Cc1n[nH]c(C)c1S(=O)(=O)N1CC[C@H](c2cc(CCOc3ccccc3Cl)[nH]n2)C1. The van der Waals surface area contributed by atoms with Gasteiger partial charge in [-0.1, -0.05) is 23.7 Å². The molecule has 4 rings (SSSR count). The van der Waals surface area contributed by atoms with Crippen LogP contribution < -0.4 is 4.74 Å². The van der Waals surface area contributed by atoms with Gasteiger partial charge in [0.25, 0.3) is 0 Å². The van der Waals surface area contributed by atoms with Crippen molar-refractivity contribution in [2.75, 3.05) is 19.7 Å². The maximum Gasteiger partial charge on any atom is 0.246 e. The fraction of sp³-hybridized carbons (Fsp3) is 0.400. The number of aromatic nitrogens is 4. The van der Waals surface area contributed by atoms with E-state index < -0.39 is 10.0 Å². The maximum absolute atomic E-state index is 13.0. The van der Waals surface area contributed by atoms with Crippen molar-refractivity contribution in [3.8, 4) is 5.75 Å². The number of aromatic amines is 2. The zero-order valence-electron chi connectivity index (χ0n) is 16.9. The van der Waals surface area contributed by atoms with Crippen LogP contribution in [0.2, 0.25) is 5.02 Å². The van der Waals surface area contributed by atoms with Gasteiger partial charge < -0.3 is 4.74 Å². The van der Waals surface area contributed by atoms with Crippen LogP contribution in [0, 0.1) is 13.8 Å². The van der Waals surface area contributed by atoms with Gasteiger partial charge in [0.1, 0.15) is 10.6 Å². The lowest BCUT2D eigenvalue weighted by molar-refractivity contribution is 0.320. The molecule has 30 heavy (non-hydrogen) atoms. The van der Waals surface area contributed by atoms with E-state index in [1.54, 1.807) is 19.9 Å². The lowest BCUT2D eigenvalue weighted by Gasteiger charge is -2.16. The number of nitrogens with zero attached hydrogens (tertiary/aromatic N) is 3. The summed E-state index contributed by atoms with van der Waals surface area (Å²) in [5.74, 6) is 0.710. The number of H-pyrrole nitrogens is 2. The molecular weight excluding hydrogens is 426 g/mol. The number of rotatable bonds is 7. The van der Waals surface area contributed by atoms with Gasteiger partial charge in [-0.25, -0.2) is 8.42 Å². The van der Waals surface area contributed by atoms with E-state index in [2.05, 4.69) is 20.4 Å². The average Bonchev–Trinajstić information content (AvgIpc) is 3.43. The summed E-state index contributed by atoms with van der Waals surface area (Å²) < 4.78 is 33.3. The first-order chi connectivity index (χ1) is 14.4. The molecule has 3 aromatic rings. The van der Waals surface area contributed by atoms with Crippen molar-refractivity contribution in [3.63, 3.8) is 0 Å². The third-order valence-corrected chi connectivity index (χ3v) is 7.79. The maximum atomic E-state index is 13.0. The molecule has 0 radical (unpaired) electrons. The van der Waals surface area contributed by atoms with Crippen molar-refractivity contribution >= 4 is 21.6 Å². The topological polar surface area (TPSA) is 104 Å². The second-order valence-corrected chi connectivity index (χ2v) is 9.74. The average molecular weight is 450 g/mol. The molecule has 1 saturated heterocycles. The Hall–Kier alpha value is -2.36. The van der Waals surface area contributed by atoms with Gasteiger partial charge in [0.15, 0.2) is 0 Å². The standard InChI is InChI=1S/C20H24ClN5O3S/c1-13-20(14(2)23-22-13)30(27,28)26-9-7-15(12-26)18-11-16(24-25-18)8-10-29-19-6-4-3-5-17(19)21/h3-6,11,15H,7-10,12H2,1-2H3,(H,22,23)(H,24,25)/t15-/m0/s1. The number of ether oxygens (including phenoxy) is 1. The highest BCUT2D eigenvalue weighted by Crippen LogP contribution is 2.32. The van der Waals surface area contributed by atoms with E-state index in [-0.39, 0.29) is 10.8 Å². The van der Waals surface area contributed by atoms with Gasteiger partial charge in [-0.3, -0.25) is 10.2 Å². The molecule has 0 bridgehead atoms. The van der Waals surface area contributed by atoms with Crippen molar-refractivity contribution in [1.29, 1.82) is 0 Å². The Bertz CT molecular complexity index is 1120. The highest BCUT2D eigenvalue weighted by atomic mass is 35.5. The van der Waals surface area contributed by atoms with Crippen molar-refractivity contribution < 1.29 is 13.2 Å². The van der Waals surface area contributed by atoms with Crippen LogP contribution in [0.25, 0.3) is 0 Å². The van der Waals surface area contributed by atoms with Gasteiger partial charge in [0, 0.05) is 31.1 Å². The number of benzene rings is 1. The highest BCUT2D eigenvalue weighted by molar-refractivity contribution is 7.89. The highest BCUT2D eigenvalue weighted by Gasteiger charge is 2.36. The molecule has 2 N–H and O–H groups in total. The van der Waals surface area contributed by atoms with Crippen LogP contribution in [-0.4, -0.2) is 52.8 Å². The second-order valence-electron chi connectivity index (χ2n) is 7.46. The smallest absolute Gasteiger partial charge is 0.246 e. The van der Waals surface area contributed by atoms with Crippen molar-refractivity contribution in [2.24, 2.45) is 0 Å². The summed E-state index contributed by atoms with van der Waals surface area (Å²) in [5, 5.41) is 14.8. The number of para-hydroxylation sites is 1. The summed E-state index contributed by atoms with van der Waals surface area (Å²) in [6.45, 7) is 4.77. The monoisotopic (exact) mass is 449 g/mol. The fourth-order valence-electron chi connectivity index (χ4n) is 3.79. The van der Waals surface area contributed by atoms with Crippen LogP contribution in [0.5, 0.6) is 5.75 Å². The Labute approximate surface area is 180 Å². The van der Waals surface area contributed by atoms with Crippen LogP contribution in [0.4, 0.5) is 0 Å². The first-order valence-corrected chi connectivity index (χ1v) is 11.6. The molecule has 1 atom stereocenters. The van der Waals surface area contributed by atoms with E-state index in [1.807, 2.05) is 24.3 Å². The summed E-state index contributed by atoms with van der Waals surface area (Å²) in [4.78, 5) is 0.280. The quantitative estimate of drug-likeness (QED) is 0.576. The molecule has 1 aromatic carbocycles. The third kappa shape index (κ3) is 4.10.